The Labute approximate surface area is 126 Å². The number of nitro groups is 1. The molecule has 0 aliphatic carbocycles. The Kier molecular flexibility index (Phi) is 4.36. The number of hydrogen-bond donors (Lipinski definition) is 1. The topological polar surface area (TPSA) is 96.6 Å². The highest BCUT2D eigenvalue weighted by atomic mass is 32.2. The maximum atomic E-state index is 11.2. The largest absolute Gasteiger partial charge is 0.478 e. The van der Waals surface area contributed by atoms with Crippen molar-refractivity contribution >= 4 is 29.2 Å². The Balaban J connectivity index is 2.34. The van der Waals surface area contributed by atoms with Crippen LogP contribution in [0.1, 0.15) is 30.6 Å². The van der Waals surface area contributed by atoms with Gasteiger partial charge in [0.15, 0.2) is 0 Å². The molecule has 0 atom stereocenters. The molecule has 1 aromatic heterocycles. The van der Waals surface area contributed by atoms with Crippen LogP contribution in [0, 0.1) is 10.1 Å². The van der Waals surface area contributed by atoms with Crippen LogP contribution >= 0.6 is 11.8 Å². The summed E-state index contributed by atoms with van der Waals surface area (Å²) in [5, 5.41) is 20.1. The second kappa shape index (κ2) is 5.88. The fourth-order valence-electron chi connectivity index (χ4n) is 2.17. The SMILES string of the molecule is CC1(C)CCN(c2ncc(C(=O)O)cc2[N+](=O)[O-])CCS1. The summed E-state index contributed by atoms with van der Waals surface area (Å²) >= 11 is 1.83. The van der Waals surface area contributed by atoms with E-state index in [2.05, 4.69) is 18.8 Å². The third-order valence-electron chi connectivity index (χ3n) is 3.43. The summed E-state index contributed by atoms with van der Waals surface area (Å²) in [4.78, 5) is 27.4. The van der Waals surface area contributed by atoms with Crippen molar-refractivity contribution in [3.8, 4) is 0 Å². The molecule has 0 bridgehead atoms. The van der Waals surface area contributed by atoms with E-state index in [1.807, 2.05) is 16.7 Å². The highest BCUT2D eigenvalue weighted by Crippen LogP contribution is 2.34. The van der Waals surface area contributed by atoms with Gasteiger partial charge in [0.05, 0.1) is 10.5 Å². The quantitative estimate of drug-likeness (QED) is 0.676. The summed E-state index contributed by atoms with van der Waals surface area (Å²) in [5.41, 5.74) is -0.422. The summed E-state index contributed by atoms with van der Waals surface area (Å²) < 4.78 is 0.129. The number of thioether (sulfide) groups is 1. The molecular formula is C13H17N3O4S. The maximum Gasteiger partial charge on any atom is 0.337 e. The lowest BCUT2D eigenvalue weighted by molar-refractivity contribution is -0.384. The van der Waals surface area contributed by atoms with Gasteiger partial charge < -0.3 is 10.0 Å². The molecule has 0 spiro atoms. The number of carboxylic acids is 1. The lowest BCUT2D eigenvalue weighted by Crippen LogP contribution is -2.28. The Hall–Kier alpha value is -1.83. The van der Waals surface area contributed by atoms with Crippen LogP contribution in [0.5, 0.6) is 0 Å². The average Bonchev–Trinajstić information content (AvgIpc) is 2.59. The van der Waals surface area contributed by atoms with E-state index in [0.717, 1.165) is 18.2 Å². The van der Waals surface area contributed by atoms with Gasteiger partial charge in [0.25, 0.3) is 0 Å². The lowest BCUT2D eigenvalue weighted by Gasteiger charge is -2.23. The zero-order chi connectivity index (χ0) is 15.6. The predicted molar refractivity (Wildman–Crippen MR) is 81.2 cm³/mol. The molecule has 1 N–H and O–H groups in total. The Bertz CT molecular complexity index is 577. The molecule has 7 nitrogen and oxygen atoms in total. The van der Waals surface area contributed by atoms with Crippen LogP contribution in [-0.2, 0) is 0 Å². The van der Waals surface area contributed by atoms with E-state index >= 15 is 0 Å². The van der Waals surface area contributed by atoms with Crippen molar-refractivity contribution in [1.82, 2.24) is 4.98 Å². The van der Waals surface area contributed by atoms with Crippen LogP contribution in [0.4, 0.5) is 11.5 Å². The highest BCUT2D eigenvalue weighted by Gasteiger charge is 2.28. The van der Waals surface area contributed by atoms with Crippen LogP contribution in [0.2, 0.25) is 0 Å². The van der Waals surface area contributed by atoms with Crippen LogP contribution in [-0.4, -0.2) is 44.6 Å². The molecule has 0 saturated carbocycles. The molecule has 2 heterocycles. The van der Waals surface area contributed by atoms with E-state index in [9.17, 15) is 14.9 Å². The minimum atomic E-state index is -1.22. The number of carboxylic acid groups (broad SMARTS) is 1. The highest BCUT2D eigenvalue weighted by molar-refractivity contribution is 8.00. The van der Waals surface area contributed by atoms with Gasteiger partial charge in [-0.25, -0.2) is 9.78 Å². The molecule has 0 aromatic carbocycles. The molecule has 21 heavy (non-hydrogen) atoms. The van der Waals surface area contributed by atoms with E-state index in [4.69, 9.17) is 5.11 Å². The summed E-state index contributed by atoms with van der Waals surface area (Å²) in [6.45, 7) is 5.63. The summed E-state index contributed by atoms with van der Waals surface area (Å²) in [6, 6.07) is 1.08. The van der Waals surface area contributed by atoms with Crippen molar-refractivity contribution in [2.75, 3.05) is 23.7 Å². The zero-order valence-electron chi connectivity index (χ0n) is 11.9. The van der Waals surface area contributed by atoms with E-state index in [0.29, 0.717) is 13.1 Å². The molecule has 0 radical (unpaired) electrons. The van der Waals surface area contributed by atoms with Crippen LogP contribution in [0.3, 0.4) is 0 Å². The Morgan fingerprint density at radius 2 is 2.24 bits per heavy atom. The summed E-state index contributed by atoms with van der Waals surface area (Å²) in [5.74, 6) is -0.111. The first-order valence-corrected chi connectivity index (χ1v) is 7.55. The van der Waals surface area contributed by atoms with Crippen LogP contribution in [0.15, 0.2) is 12.3 Å². The summed E-state index contributed by atoms with van der Waals surface area (Å²) in [6.07, 6.45) is 2.06. The Morgan fingerprint density at radius 1 is 1.52 bits per heavy atom. The van der Waals surface area contributed by atoms with E-state index in [1.54, 1.807) is 0 Å². The maximum absolute atomic E-state index is 11.2. The predicted octanol–water partition coefficient (Wildman–Crippen LogP) is 2.41. The third kappa shape index (κ3) is 3.63. The summed E-state index contributed by atoms with van der Waals surface area (Å²) in [7, 11) is 0. The van der Waals surface area contributed by atoms with Gasteiger partial charge in [-0.1, -0.05) is 13.8 Å². The fraction of sp³-hybridized carbons (Fsp3) is 0.538. The molecule has 1 aromatic rings. The van der Waals surface area contributed by atoms with Crippen molar-refractivity contribution in [3.05, 3.63) is 27.9 Å². The minimum absolute atomic E-state index is 0.129. The second-order valence-electron chi connectivity index (χ2n) is 5.47. The van der Waals surface area contributed by atoms with E-state index in [-0.39, 0.29) is 21.8 Å². The van der Waals surface area contributed by atoms with Gasteiger partial charge in [0.1, 0.15) is 0 Å². The van der Waals surface area contributed by atoms with Gasteiger partial charge >= 0.3 is 11.7 Å². The second-order valence-corrected chi connectivity index (χ2v) is 7.28. The number of hydrogen-bond acceptors (Lipinski definition) is 6. The van der Waals surface area contributed by atoms with Gasteiger partial charge in [0, 0.05) is 35.9 Å². The number of carbonyl (C=O) groups is 1. The van der Waals surface area contributed by atoms with Crippen molar-refractivity contribution in [3.63, 3.8) is 0 Å². The van der Waals surface area contributed by atoms with Crippen molar-refractivity contribution < 1.29 is 14.8 Å². The molecular weight excluding hydrogens is 294 g/mol. The van der Waals surface area contributed by atoms with Gasteiger partial charge in [0.2, 0.25) is 5.82 Å². The zero-order valence-corrected chi connectivity index (χ0v) is 12.7. The number of aromatic carboxylic acids is 1. The van der Waals surface area contributed by atoms with Crippen molar-refractivity contribution in [2.45, 2.75) is 25.0 Å². The first-order valence-electron chi connectivity index (χ1n) is 6.57. The molecule has 1 fully saturated rings. The Morgan fingerprint density at radius 3 is 2.86 bits per heavy atom. The first kappa shape index (κ1) is 15.6. The van der Waals surface area contributed by atoms with Crippen molar-refractivity contribution in [1.29, 1.82) is 0 Å². The van der Waals surface area contributed by atoms with Gasteiger partial charge in [-0.2, -0.15) is 11.8 Å². The normalized spacial score (nSPS) is 18.1. The molecule has 1 aliphatic heterocycles. The van der Waals surface area contributed by atoms with Crippen molar-refractivity contribution in [2.24, 2.45) is 0 Å². The van der Waals surface area contributed by atoms with E-state index in [1.165, 1.54) is 6.20 Å². The van der Waals surface area contributed by atoms with Gasteiger partial charge in [-0.15, -0.1) is 0 Å². The molecule has 1 aliphatic rings. The monoisotopic (exact) mass is 311 g/mol. The molecule has 114 valence electrons. The molecule has 0 amide bonds. The number of pyridine rings is 1. The molecule has 2 rings (SSSR count). The van der Waals surface area contributed by atoms with Crippen LogP contribution < -0.4 is 4.90 Å². The standard InChI is InChI=1S/C13H17N3O4S/c1-13(2)3-4-15(5-6-21-13)11-10(16(19)20)7-9(8-14-11)12(17)18/h7-8H,3-6H2,1-2H3,(H,17,18). The number of anilines is 1. The number of aromatic nitrogens is 1. The molecule has 0 unspecified atom stereocenters. The third-order valence-corrected chi connectivity index (χ3v) is 4.80. The van der Waals surface area contributed by atoms with Gasteiger partial charge in [-0.3, -0.25) is 10.1 Å². The fourth-order valence-corrected chi connectivity index (χ4v) is 3.27. The molecule has 8 heteroatoms. The minimum Gasteiger partial charge on any atom is -0.478 e. The molecule has 1 saturated heterocycles. The van der Waals surface area contributed by atoms with E-state index < -0.39 is 10.9 Å². The van der Waals surface area contributed by atoms with Gasteiger partial charge in [-0.05, 0) is 6.42 Å². The smallest absolute Gasteiger partial charge is 0.337 e. The average molecular weight is 311 g/mol. The first-order chi connectivity index (χ1) is 9.80. The number of rotatable bonds is 3. The number of nitrogens with zero attached hydrogens (tertiary/aromatic N) is 3. The van der Waals surface area contributed by atoms with Crippen LogP contribution in [0.25, 0.3) is 0 Å². The lowest BCUT2D eigenvalue weighted by atomic mass is 10.1.